The van der Waals surface area contributed by atoms with E-state index in [4.69, 9.17) is 15.6 Å². The number of nitrogens with two attached hydrogens (primary N) is 1. The standard InChI is InChI=1S/C10H12N2O5/c1-17-8-4-2-3-6(9(8)12(15)16)5-7(11)10(13)14/h2-4,7H,5,11H2,1H3,(H,13,14). The zero-order chi connectivity index (χ0) is 13.0. The number of rotatable bonds is 5. The van der Waals surface area contributed by atoms with Crippen molar-refractivity contribution in [3.63, 3.8) is 0 Å². The zero-order valence-corrected chi connectivity index (χ0v) is 9.12. The van der Waals surface area contributed by atoms with Crippen LogP contribution in [0.1, 0.15) is 5.56 Å². The van der Waals surface area contributed by atoms with Crippen molar-refractivity contribution in [2.24, 2.45) is 5.73 Å². The molecule has 7 nitrogen and oxygen atoms in total. The van der Waals surface area contributed by atoms with Gasteiger partial charge in [-0.15, -0.1) is 0 Å². The first-order valence-corrected chi connectivity index (χ1v) is 4.76. The molecule has 0 bridgehead atoms. The fourth-order valence-corrected chi connectivity index (χ4v) is 1.43. The number of ether oxygens (including phenoxy) is 1. The molecule has 1 aromatic carbocycles. The second-order valence-electron chi connectivity index (χ2n) is 3.37. The Labute approximate surface area is 97.0 Å². The summed E-state index contributed by atoms with van der Waals surface area (Å²) in [5.41, 5.74) is 5.34. The van der Waals surface area contributed by atoms with Gasteiger partial charge in [0.25, 0.3) is 0 Å². The van der Waals surface area contributed by atoms with E-state index in [0.717, 1.165) is 0 Å². The minimum Gasteiger partial charge on any atom is -0.490 e. The van der Waals surface area contributed by atoms with E-state index in [1.807, 2.05) is 0 Å². The van der Waals surface area contributed by atoms with Gasteiger partial charge in [-0.05, 0) is 6.07 Å². The maximum Gasteiger partial charge on any atom is 0.320 e. The number of carboxylic acid groups (broad SMARTS) is 1. The molecule has 1 aromatic rings. The average Bonchev–Trinajstić information content (AvgIpc) is 2.27. The number of nitro groups is 1. The lowest BCUT2D eigenvalue weighted by molar-refractivity contribution is -0.386. The Morgan fingerprint density at radius 2 is 2.29 bits per heavy atom. The summed E-state index contributed by atoms with van der Waals surface area (Å²) >= 11 is 0. The SMILES string of the molecule is COc1cccc(CC(N)C(=O)O)c1[N+](=O)[O-]. The van der Waals surface area contributed by atoms with Gasteiger partial charge in [0.05, 0.1) is 12.0 Å². The van der Waals surface area contributed by atoms with Crippen LogP contribution >= 0.6 is 0 Å². The highest BCUT2D eigenvalue weighted by Gasteiger charge is 2.23. The maximum absolute atomic E-state index is 10.9. The second-order valence-corrected chi connectivity index (χ2v) is 3.37. The van der Waals surface area contributed by atoms with Crippen LogP contribution in [0.3, 0.4) is 0 Å². The Morgan fingerprint density at radius 3 is 2.76 bits per heavy atom. The number of hydrogen-bond acceptors (Lipinski definition) is 5. The van der Waals surface area contributed by atoms with Crippen LogP contribution in [0.4, 0.5) is 5.69 Å². The highest BCUT2D eigenvalue weighted by molar-refractivity contribution is 5.74. The summed E-state index contributed by atoms with van der Waals surface area (Å²) in [6.07, 6.45) is -0.122. The van der Waals surface area contributed by atoms with E-state index in [1.54, 1.807) is 6.07 Å². The van der Waals surface area contributed by atoms with Crippen molar-refractivity contribution < 1.29 is 19.6 Å². The van der Waals surface area contributed by atoms with Crippen LogP contribution in [0.5, 0.6) is 5.75 Å². The largest absolute Gasteiger partial charge is 0.490 e. The first-order valence-electron chi connectivity index (χ1n) is 4.76. The van der Waals surface area contributed by atoms with Gasteiger partial charge in [-0.25, -0.2) is 0 Å². The third kappa shape index (κ3) is 2.91. The topological polar surface area (TPSA) is 116 Å². The third-order valence-corrected chi connectivity index (χ3v) is 2.24. The van der Waals surface area contributed by atoms with Crippen molar-refractivity contribution in [1.29, 1.82) is 0 Å². The lowest BCUT2D eigenvalue weighted by atomic mass is 10.0. The molecular weight excluding hydrogens is 228 g/mol. The molecule has 0 fully saturated rings. The molecule has 0 saturated carbocycles. The van der Waals surface area contributed by atoms with Gasteiger partial charge in [-0.2, -0.15) is 0 Å². The number of para-hydroxylation sites is 1. The maximum atomic E-state index is 10.9. The van der Waals surface area contributed by atoms with Gasteiger partial charge in [-0.1, -0.05) is 12.1 Å². The van der Waals surface area contributed by atoms with E-state index in [-0.39, 0.29) is 23.4 Å². The van der Waals surface area contributed by atoms with E-state index in [0.29, 0.717) is 0 Å². The average molecular weight is 240 g/mol. The molecule has 0 radical (unpaired) electrons. The zero-order valence-electron chi connectivity index (χ0n) is 9.12. The predicted molar refractivity (Wildman–Crippen MR) is 59.0 cm³/mol. The monoisotopic (exact) mass is 240 g/mol. The molecule has 0 aromatic heterocycles. The molecule has 0 saturated heterocycles. The van der Waals surface area contributed by atoms with E-state index >= 15 is 0 Å². The van der Waals surface area contributed by atoms with Crippen LogP contribution in [-0.4, -0.2) is 29.2 Å². The van der Waals surface area contributed by atoms with Crippen LogP contribution in [0.15, 0.2) is 18.2 Å². The number of benzene rings is 1. The predicted octanol–water partition coefficient (Wildman–Crippen LogP) is 0.558. The molecule has 92 valence electrons. The summed E-state index contributed by atoms with van der Waals surface area (Å²) in [5.74, 6) is -1.12. The molecule has 0 aliphatic rings. The van der Waals surface area contributed by atoms with Crippen LogP contribution in [0.2, 0.25) is 0 Å². The van der Waals surface area contributed by atoms with Crippen molar-refractivity contribution in [1.82, 2.24) is 0 Å². The fraction of sp³-hybridized carbons (Fsp3) is 0.300. The molecule has 1 unspecified atom stereocenters. The first-order chi connectivity index (χ1) is 7.97. The summed E-state index contributed by atoms with van der Waals surface area (Å²) in [6.45, 7) is 0. The third-order valence-electron chi connectivity index (χ3n) is 2.24. The number of nitro benzene ring substituents is 1. The minimum atomic E-state index is -1.21. The van der Waals surface area contributed by atoms with Crippen LogP contribution in [0, 0.1) is 10.1 Å². The Morgan fingerprint density at radius 1 is 1.65 bits per heavy atom. The number of carbonyl (C=O) groups is 1. The van der Waals surface area contributed by atoms with Gasteiger partial charge in [0.15, 0.2) is 5.75 Å². The van der Waals surface area contributed by atoms with Gasteiger partial charge < -0.3 is 15.6 Å². The molecule has 0 aliphatic heterocycles. The van der Waals surface area contributed by atoms with Crippen LogP contribution < -0.4 is 10.5 Å². The Hall–Kier alpha value is -2.15. The summed E-state index contributed by atoms with van der Waals surface area (Å²) in [5, 5.41) is 19.6. The molecule has 0 spiro atoms. The molecule has 0 heterocycles. The summed E-state index contributed by atoms with van der Waals surface area (Å²) < 4.78 is 4.86. The minimum absolute atomic E-state index is 0.0880. The fourth-order valence-electron chi connectivity index (χ4n) is 1.43. The number of aliphatic carboxylic acids is 1. The second kappa shape index (κ2) is 5.26. The molecular formula is C10H12N2O5. The Balaban J connectivity index is 3.14. The highest BCUT2D eigenvalue weighted by Crippen LogP contribution is 2.31. The highest BCUT2D eigenvalue weighted by atomic mass is 16.6. The van der Waals surface area contributed by atoms with Gasteiger partial charge in [0.1, 0.15) is 6.04 Å². The molecule has 7 heteroatoms. The summed E-state index contributed by atoms with van der Waals surface area (Å²) in [7, 11) is 1.31. The molecule has 17 heavy (non-hydrogen) atoms. The lowest BCUT2D eigenvalue weighted by Crippen LogP contribution is -2.32. The smallest absolute Gasteiger partial charge is 0.320 e. The molecule has 3 N–H and O–H groups in total. The van der Waals surface area contributed by atoms with Crippen LogP contribution in [-0.2, 0) is 11.2 Å². The molecule has 1 atom stereocenters. The van der Waals surface area contributed by atoms with Crippen molar-refractivity contribution in [2.45, 2.75) is 12.5 Å². The van der Waals surface area contributed by atoms with Gasteiger partial charge in [-0.3, -0.25) is 14.9 Å². The van der Waals surface area contributed by atoms with E-state index in [9.17, 15) is 14.9 Å². The van der Waals surface area contributed by atoms with Gasteiger partial charge >= 0.3 is 11.7 Å². The van der Waals surface area contributed by atoms with E-state index < -0.39 is 16.9 Å². The lowest BCUT2D eigenvalue weighted by Gasteiger charge is -2.09. The summed E-state index contributed by atoms with van der Waals surface area (Å²) in [4.78, 5) is 20.9. The van der Waals surface area contributed by atoms with Crippen molar-refractivity contribution >= 4 is 11.7 Å². The van der Waals surface area contributed by atoms with Gasteiger partial charge in [0.2, 0.25) is 0 Å². The Kier molecular flexibility index (Phi) is 4.00. The number of nitrogens with zero attached hydrogens (tertiary/aromatic N) is 1. The molecule has 0 amide bonds. The van der Waals surface area contributed by atoms with E-state index in [2.05, 4.69) is 0 Å². The van der Waals surface area contributed by atoms with Crippen molar-refractivity contribution in [3.05, 3.63) is 33.9 Å². The number of hydrogen-bond donors (Lipinski definition) is 2. The van der Waals surface area contributed by atoms with Crippen molar-refractivity contribution in [2.75, 3.05) is 7.11 Å². The summed E-state index contributed by atoms with van der Waals surface area (Å²) in [6, 6.07) is 3.27. The molecule has 1 rings (SSSR count). The normalized spacial score (nSPS) is 11.9. The number of methoxy groups -OCH3 is 1. The quantitative estimate of drug-likeness (QED) is 0.573. The van der Waals surface area contributed by atoms with Crippen molar-refractivity contribution in [3.8, 4) is 5.75 Å². The number of carboxylic acids is 1. The van der Waals surface area contributed by atoms with Gasteiger partial charge in [0, 0.05) is 12.0 Å². The van der Waals surface area contributed by atoms with E-state index in [1.165, 1.54) is 19.2 Å². The Bertz CT molecular complexity index is 446. The van der Waals surface area contributed by atoms with Crippen LogP contribution in [0.25, 0.3) is 0 Å². The first kappa shape index (κ1) is 12.9. The molecule has 0 aliphatic carbocycles.